The number of hydrogen-bond donors (Lipinski definition) is 1. The van der Waals surface area contributed by atoms with E-state index in [1.165, 1.54) is 26.9 Å². The lowest BCUT2D eigenvalue weighted by atomic mass is 10.0. The summed E-state index contributed by atoms with van der Waals surface area (Å²) in [7, 11) is 0. The maximum absolute atomic E-state index is 4.93. The van der Waals surface area contributed by atoms with Gasteiger partial charge in [-0.25, -0.2) is 4.98 Å². The van der Waals surface area contributed by atoms with E-state index in [4.69, 9.17) is 4.98 Å². The summed E-state index contributed by atoms with van der Waals surface area (Å²) in [5.41, 5.74) is 8.62. The maximum atomic E-state index is 4.93. The predicted molar refractivity (Wildman–Crippen MR) is 105 cm³/mol. The van der Waals surface area contributed by atoms with Gasteiger partial charge in [-0.3, -0.25) is 4.98 Å². The van der Waals surface area contributed by atoms with Crippen molar-refractivity contribution >= 4 is 33.1 Å². The van der Waals surface area contributed by atoms with Crippen molar-refractivity contribution in [3.05, 3.63) is 72.0 Å². The molecule has 0 radical (unpaired) electrons. The molecule has 1 N–H and O–H groups in total. The average molecular weight is 341 g/mol. The topological polar surface area (TPSA) is 41.6 Å². The lowest BCUT2D eigenvalue weighted by Crippen LogP contribution is -1.86. The van der Waals surface area contributed by atoms with E-state index in [0.29, 0.717) is 0 Å². The van der Waals surface area contributed by atoms with Gasteiger partial charge in [-0.15, -0.1) is 11.3 Å². The number of aryl methyl sites for hydroxylation is 1. The first-order valence-electron chi connectivity index (χ1n) is 8.17. The Morgan fingerprint density at radius 2 is 1.84 bits per heavy atom. The fraction of sp³-hybridized carbons (Fsp3) is 0.0476. The molecule has 0 saturated heterocycles. The number of H-pyrrole nitrogens is 1. The number of hydrogen-bond acceptors (Lipinski definition) is 3. The molecular formula is C21H15N3S. The molecule has 25 heavy (non-hydrogen) atoms. The second kappa shape index (κ2) is 5.53. The summed E-state index contributed by atoms with van der Waals surface area (Å²) in [6.45, 7) is 2.12. The SMILES string of the molecule is Cc1cccc2c(-c3ccc4c(-c5cncs5)cccc4n3)c[nH]c12. The number of nitrogens with one attached hydrogen (secondary N) is 1. The molecule has 5 rings (SSSR count). The standard InChI is InChI=1S/C21H15N3S/c1-13-4-2-6-16-17(10-23-21(13)16)19-9-8-14-15(20-11-22-12-25-20)5-3-7-18(14)24-19/h2-12,23H,1H3. The minimum atomic E-state index is 0.991. The highest BCUT2D eigenvalue weighted by molar-refractivity contribution is 7.13. The van der Waals surface area contributed by atoms with Crippen molar-refractivity contribution in [3.8, 4) is 21.7 Å². The molecule has 0 aliphatic carbocycles. The van der Waals surface area contributed by atoms with Gasteiger partial charge in [0.2, 0.25) is 0 Å². The number of benzene rings is 2. The number of pyridine rings is 1. The number of aromatic nitrogens is 3. The molecule has 120 valence electrons. The molecule has 4 heteroatoms. The fourth-order valence-corrected chi connectivity index (χ4v) is 4.05. The average Bonchev–Trinajstić information content (AvgIpc) is 3.31. The minimum absolute atomic E-state index is 0.991. The summed E-state index contributed by atoms with van der Waals surface area (Å²) >= 11 is 1.65. The Kier molecular flexibility index (Phi) is 3.18. The molecule has 0 aliphatic heterocycles. The zero-order valence-electron chi connectivity index (χ0n) is 13.7. The molecule has 0 atom stereocenters. The lowest BCUT2D eigenvalue weighted by molar-refractivity contribution is 1.39. The summed E-state index contributed by atoms with van der Waals surface area (Å²) < 4.78 is 0. The van der Waals surface area contributed by atoms with Gasteiger partial charge in [-0.05, 0) is 30.7 Å². The van der Waals surface area contributed by atoms with Gasteiger partial charge in [0, 0.05) is 39.8 Å². The Hall–Kier alpha value is -2.98. The highest BCUT2D eigenvalue weighted by atomic mass is 32.1. The number of thiazole rings is 1. The monoisotopic (exact) mass is 341 g/mol. The molecule has 3 heterocycles. The van der Waals surface area contributed by atoms with E-state index in [1.807, 2.05) is 11.7 Å². The van der Waals surface area contributed by atoms with Crippen LogP contribution in [0, 0.1) is 6.92 Å². The van der Waals surface area contributed by atoms with Crippen molar-refractivity contribution in [2.75, 3.05) is 0 Å². The van der Waals surface area contributed by atoms with Crippen LogP contribution in [0.5, 0.6) is 0 Å². The number of para-hydroxylation sites is 1. The third-order valence-corrected chi connectivity index (χ3v) is 5.44. The van der Waals surface area contributed by atoms with Gasteiger partial charge in [-0.1, -0.05) is 30.3 Å². The summed E-state index contributed by atoms with van der Waals surface area (Å²) in [6.07, 6.45) is 3.97. The van der Waals surface area contributed by atoms with E-state index in [2.05, 4.69) is 71.6 Å². The van der Waals surface area contributed by atoms with Crippen LogP contribution in [0.15, 0.2) is 66.4 Å². The number of rotatable bonds is 2. The molecule has 0 aliphatic rings. The molecule has 0 amide bonds. The molecule has 2 aromatic carbocycles. The number of aromatic amines is 1. The Labute approximate surface area is 149 Å². The second-order valence-corrected chi connectivity index (χ2v) is 7.02. The van der Waals surface area contributed by atoms with Crippen LogP contribution in [-0.4, -0.2) is 15.0 Å². The largest absolute Gasteiger partial charge is 0.360 e. The molecular weight excluding hydrogens is 326 g/mol. The summed E-state index contributed by atoms with van der Waals surface area (Å²) in [6, 6.07) is 16.9. The van der Waals surface area contributed by atoms with E-state index in [9.17, 15) is 0 Å². The Bertz CT molecular complexity index is 1200. The lowest BCUT2D eigenvalue weighted by Gasteiger charge is -2.06. The van der Waals surface area contributed by atoms with E-state index >= 15 is 0 Å². The van der Waals surface area contributed by atoms with Crippen LogP contribution in [0.1, 0.15) is 5.56 Å². The molecule has 0 saturated carbocycles. The Morgan fingerprint density at radius 1 is 0.920 bits per heavy atom. The van der Waals surface area contributed by atoms with Crippen molar-refractivity contribution in [3.63, 3.8) is 0 Å². The minimum Gasteiger partial charge on any atom is -0.360 e. The van der Waals surface area contributed by atoms with Crippen molar-refractivity contribution < 1.29 is 0 Å². The van der Waals surface area contributed by atoms with Gasteiger partial charge in [0.05, 0.1) is 21.6 Å². The maximum Gasteiger partial charge on any atom is 0.0797 e. The molecule has 0 fully saturated rings. The molecule has 0 spiro atoms. The van der Waals surface area contributed by atoms with Crippen LogP contribution in [0.2, 0.25) is 0 Å². The van der Waals surface area contributed by atoms with Crippen molar-refractivity contribution in [2.24, 2.45) is 0 Å². The van der Waals surface area contributed by atoms with Crippen molar-refractivity contribution in [2.45, 2.75) is 6.92 Å². The van der Waals surface area contributed by atoms with Gasteiger partial charge in [0.1, 0.15) is 0 Å². The molecule has 3 nitrogen and oxygen atoms in total. The third-order valence-electron chi connectivity index (χ3n) is 4.63. The Morgan fingerprint density at radius 3 is 2.72 bits per heavy atom. The second-order valence-electron chi connectivity index (χ2n) is 6.13. The van der Waals surface area contributed by atoms with Gasteiger partial charge < -0.3 is 4.98 Å². The first-order valence-corrected chi connectivity index (χ1v) is 9.05. The summed E-state index contributed by atoms with van der Waals surface area (Å²) in [5, 5.41) is 2.37. The van der Waals surface area contributed by atoms with Gasteiger partial charge in [0.25, 0.3) is 0 Å². The van der Waals surface area contributed by atoms with Crippen LogP contribution in [0.4, 0.5) is 0 Å². The normalized spacial score (nSPS) is 11.4. The van der Waals surface area contributed by atoms with Crippen molar-refractivity contribution in [1.29, 1.82) is 0 Å². The zero-order valence-corrected chi connectivity index (χ0v) is 14.5. The van der Waals surface area contributed by atoms with Crippen LogP contribution in [0.3, 0.4) is 0 Å². The van der Waals surface area contributed by atoms with Gasteiger partial charge in [0.15, 0.2) is 0 Å². The zero-order chi connectivity index (χ0) is 16.8. The highest BCUT2D eigenvalue weighted by Crippen LogP contribution is 2.34. The van der Waals surface area contributed by atoms with Crippen molar-refractivity contribution in [1.82, 2.24) is 15.0 Å². The predicted octanol–water partition coefficient (Wildman–Crippen LogP) is 5.82. The van der Waals surface area contributed by atoms with Gasteiger partial charge in [-0.2, -0.15) is 0 Å². The number of nitrogens with zero attached hydrogens (tertiary/aromatic N) is 2. The van der Waals surface area contributed by atoms with Crippen LogP contribution in [0.25, 0.3) is 43.5 Å². The smallest absolute Gasteiger partial charge is 0.0797 e. The highest BCUT2D eigenvalue weighted by Gasteiger charge is 2.11. The first-order chi connectivity index (χ1) is 12.3. The molecule has 5 aromatic rings. The fourth-order valence-electron chi connectivity index (χ4n) is 3.39. The van der Waals surface area contributed by atoms with Gasteiger partial charge >= 0.3 is 0 Å². The first kappa shape index (κ1) is 14.4. The molecule has 0 bridgehead atoms. The quantitative estimate of drug-likeness (QED) is 0.440. The van der Waals surface area contributed by atoms with E-state index in [1.54, 1.807) is 11.3 Å². The summed E-state index contributed by atoms with van der Waals surface area (Å²) in [5.74, 6) is 0. The van der Waals surface area contributed by atoms with E-state index < -0.39 is 0 Å². The van der Waals surface area contributed by atoms with Crippen LogP contribution >= 0.6 is 11.3 Å². The third kappa shape index (κ3) is 2.26. The van der Waals surface area contributed by atoms with E-state index in [-0.39, 0.29) is 0 Å². The van der Waals surface area contributed by atoms with E-state index in [0.717, 1.165) is 22.2 Å². The molecule has 3 aromatic heterocycles. The van der Waals surface area contributed by atoms with Crippen LogP contribution < -0.4 is 0 Å². The molecule has 0 unspecified atom stereocenters. The number of fused-ring (bicyclic) bond motifs is 2. The van der Waals surface area contributed by atoms with Crippen LogP contribution in [-0.2, 0) is 0 Å². The summed E-state index contributed by atoms with van der Waals surface area (Å²) in [4.78, 5) is 13.7. The Balaban J connectivity index is 1.72.